The first kappa shape index (κ1) is 22.2. The fraction of sp³-hybridized carbons (Fsp3) is 0.148. The molecule has 0 bridgehead atoms. The van der Waals surface area contributed by atoms with Gasteiger partial charge >= 0.3 is 0 Å². The van der Waals surface area contributed by atoms with Gasteiger partial charge in [-0.3, -0.25) is 5.10 Å². The number of nitrogens with one attached hydrogen (secondary N) is 2. The average molecular weight is 497 g/mol. The van der Waals surface area contributed by atoms with E-state index in [4.69, 9.17) is 0 Å². The van der Waals surface area contributed by atoms with Crippen LogP contribution >= 0.6 is 11.3 Å². The van der Waals surface area contributed by atoms with Crippen LogP contribution in [0.25, 0.3) is 44.0 Å². The maximum atomic E-state index is 14.9. The van der Waals surface area contributed by atoms with Crippen LogP contribution < -0.4 is 10.2 Å². The standard InChI is InChI=1S/C27H21FN6OS/c28-21-14-18(35)7-8-19(21)25-20(15-29)23(16-3-5-17(6-4-16)34-11-9-30-10-12-34)24-26(22-2-1-13-36-22)32-33-27(24)31-25/h1-8,13-14,30,35H,9-12H2,(H,31,32,33). The van der Waals surface area contributed by atoms with Gasteiger partial charge in [-0.05, 0) is 41.3 Å². The van der Waals surface area contributed by atoms with Crippen molar-refractivity contribution >= 4 is 28.1 Å². The molecule has 0 spiro atoms. The molecular weight excluding hydrogens is 475 g/mol. The molecular formula is C27H21FN6OS. The van der Waals surface area contributed by atoms with Crippen molar-refractivity contribution < 1.29 is 9.50 Å². The molecule has 0 radical (unpaired) electrons. The van der Waals surface area contributed by atoms with Crippen LogP contribution in [-0.2, 0) is 0 Å². The summed E-state index contributed by atoms with van der Waals surface area (Å²) in [4.78, 5) is 7.90. The number of anilines is 1. The first-order chi connectivity index (χ1) is 17.6. The summed E-state index contributed by atoms with van der Waals surface area (Å²) in [7, 11) is 0. The third kappa shape index (κ3) is 3.77. The predicted molar refractivity (Wildman–Crippen MR) is 139 cm³/mol. The molecule has 3 aromatic heterocycles. The lowest BCUT2D eigenvalue weighted by molar-refractivity contribution is 0.469. The van der Waals surface area contributed by atoms with Gasteiger partial charge in [-0.2, -0.15) is 10.4 Å². The van der Waals surface area contributed by atoms with Gasteiger partial charge in [-0.25, -0.2) is 9.37 Å². The number of fused-ring (bicyclic) bond motifs is 1. The lowest BCUT2D eigenvalue weighted by Crippen LogP contribution is -2.43. The van der Waals surface area contributed by atoms with E-state index in [2.05, 4.69) is 43.6 Å². The Morgan fingerprint density at radius 1 is 1.06 bits per heavy atom. The molecule has 9 heteroatoms. The van der Waals surface area contributed by atoms with Crippen LogP contribution in [0.4, 0.5) is 10.1 Å². The molecule has 5 aromatic rings. The molecule has 0 atom stereocenters. The van der Waals surface area contributed by atoms with E-state index in [0.717, 1.165) is 48.4 Å². The number of aromatic amines is 1. The van der Waals surface area contributed by atoms with Gasteiger partial charge in [0.15, 0.2) is 5.65 Å². The summed E-state index contributed by atoms with van der Waals surface area (Å²) < 4.78 is 14.9. The lowest BCUT2D eigenvalue weighted by atomic mass is 9.92. The van der Waals surface area contributed by atoms with Crippen molar-refractivity contribution in [2.75, 3.05) is 31.1 Å². The fourth-order valence-corrected chi connectivity index (χ4v) is 5.42. The van der Waals surface area contributed by atoms with Crippen LogP contribution in [0.15, 0.2) is 60.0 Å². The number of hydrogen-bond donors (Lipinski definition) is 3. The fourth-order valence-electron chi connectivity index (χ4n) is 4.70. The first-order valence-electron chi connectivity index (χ1n) is 11.5. The Balaban J connectivity index is 1.60. The van der Waals surface area contributed by atoms with Gasteiger partial charge in [-0.1, -0.05) is 18.2 Å². The second-order valence-electron chi connectivity index (χ2n) is 8.54. The minimum absolute atomic E-state index is 0.136. The molecule has 4 heterocycles. The Morgan fingerprint density at radius 2 is 1.86 bits per heavy atom. The summed E-state index contributed by atoms with van der Waals surface area (Å²) in [5, 5.41) is 33.6. The molecule has 0 amide bonds. The summed E-state index contributed by atoms with van der Waals surface area (Å²) in [6.07, 6.45) is 0. The largest absolute Gasteiger partial charge is 0.508 e. The number of thiophene rings is 1. The normalized spacial score (nSPS) is 13.7. The number of piperazine rings is 1. The van der Waals surface area contributed by atoms with Gasteiger partial charge in [0.05, 0.1) is 21.5 Å². The number of halogens is 1. The zero-order valence-corrected chi connectivity index (χ0v) is 19.9. The Kier molecular flexibility index (Phi) is 5.60. The average Bonchev–Trinajstić information content (AvgIpc) is 3.58. The number of nitrogens with zero attached hydrogens (tertiary/aromatic N) is 4. The van der Waals surface area contributed by atoms with Crippen molar-refractivity contribution in [3.63, 3.8) is 0 Å². The van der Waals surface area contributed by atoms with Crippen LogP contribution in [0.5, 0.6) is 5.75 Å². The summed E-state index contributed by atoms with van der Waals surface area (Å²) in [6.45, 7) is 3.73. The van der Waals surface area contributed by atoms with Crippen LogP contribution in [0.2, 0.25) is 0 Å². The van der Waals surface area contributed by atoms with Gasteiger partial charge in [-0.15, -0.1) is 11.3 Å². The van der Waals surface area contributed by atoms with Crippen molar-refractivity contribution in [2.45, 2.75) is 0 Å². The minimum atomic E-state index is -0.656. The van der Waals surface area contributed by atoms with E-state index >= 15 is 0 Å². The van der Waals surface area contributed by atoms with Crippen LogP contribution in [-0.4, -0.2) is 46.5 Å². The van der Waals surface area contributed by atoms with Crippen molar-refractivity contribution in [2.24, 2.45) is 0 Å². The summed E-state index contributed by atoms with van der Waals surface area (Å²) in [6, 6.07) is 18.1. The van der Waals surface area contributed by atoms with Gasteiger partial charge in [0.25, 0.3) is 0 Å². The zero-order chi connectivity index (χ0) is 24.6. The first-order valence-corrected chi connectivity index (χ1v) is 12.4. The van der Waals surface area contributed by atoms with Gasteiger partial charge in [0.1, 0.15) is 23.3 Å². The summed E-state index contributed by atoms with van der Waals surface area (Å²) in [5.41, 5.74) is 4.32. The van der Waals surface area contributed by atoms with E-state index < -0.39 is 5.82 Å². The van der Waals surface area contributed by atoms with E-state index in [9.17, 15) is 14.8 Å². The minimum Gasteiger partial charge on any atom is -0.508 e. The molecule has 1 fully saturated rings. The molecule has 2 aromatic carbocycles. The molecule has 1 aliphatic rings. The van der Waals surface area contributed by atoms with E-state index in [1.54, 1.807) is 11.3 Å². The highest BCUT2D eigenvalue weighted by atomic mass is 32.1. The number of pyridine rings is 1. The molecule has 0 aliphatic carbocycles. The summed E-state index contributed by atoms with van der Waals surface area (Å²) in [5.74, 6) is -0.850. The maximum Gasteiger partial charge on any atom is 0.157 e. The van der Waals surface area contributed by atoms with Crippen molar-refractivity contribution in [3.05, 3.63) is 71.4 Å². The monoisotopic (exact) mass is 496 g/mol. The SMILES string of the molecule is N#Cc1c(-c2ccc(O)cc2F)nc2[nH]nc(-c3cccs3)c2c1-c1ccc(N2CCNCC2)cc1. The third-order valence-corrected chi connectivity index (χ3v) is 7.30. The van der Waals surface area contributed by atoms with Gasteiger partial charge in [0, 0.05) is 49.1 Å². The molecule has 0 unspecified atom stereocenters. The van der Waals surface area contributed by atoms with Crippen LogP contribution in [0.1, 0.15) is 5.56 Å². The van der Waals surface area contributed by atoms with E-state index in [1.165, 1.54) is 12.1 Å². The quantitative estimate of drug-likeness (QED) is 0.318. The molecule has 1 aliphatic heterocycles. The predicted octanol–water partition coefficient (Wildman–Crippen LogP) is 5.15. The van der Waals surface area contributed by atoms with Crippen molar-refractivity contribution in [1.82, 2.24) is 20.5 Å². The highest BCUT2D eigenvalue weighted by molar-refractivity contribution is 7.13. The number of nitriles is 1. The maximum absolute atomic E-state index is 14.9. The highest BCUT2D eigenvalue weighted by Gasteiger charge is 2.25. The Morgan fingerprint density at radius 3 is 2.56 bits per heavy atom. The molecule has 1 saturated heterocycles. The van der Waals surface area contributed by atoms with Crippen molar-refractivity contribution in [3.8, 4) is 44.8 Å². The topological polar surface area (TPSA) is 101 Å². The van der Waals surface area contributed by atoms with Gasteiger partial charge < -0.3 is 15.3 Å². The Labute approximate surface area is 210 Å². The number of phenolic OH excluding ortho intramolecular Hbond substituents is 1. The van der Waals surface area contributed by atoms with Crippen LogP contribution in [0, 0.1) is 17.1 Å². The molecule has 7 nitrogen and oxygen atoms in total. The van der Waals surface area contributed by atoms with Crippen molar-refractivity contribution in [1.29, 1.82) is 5.26 Å². The zero-order valence-electron chi connectivity index (χ0n) is 19.1. The van der Waals surface area contributed by atoms with E-state index in [1.807, 2.05) is 29.6 Å². The highest BCUT2D eigenvalue weighted by Crippen LogP contribution is 2.42. The Bertz CT molecular complexity index is 1600. The number of benzene rings is 2. The number of rotatable bonds is 4. The van der Waals surface area contributed by atoms with E-state index in [-0.39, 0.29) is 22.6 Å². The number of aromatic hydroxyl groups is 1. The molecule has 3 N–H and O–H groups in total. The van der Waals surface area contributed by atoms with Gasteiger partial charge in [0.2, 0.25) is 0 Å². The number of phenols is 1. The molecule has 36 heavy (non-hydrogen) atoms. The summed E-state index contributed by atoms with van der Waals surface area (Å²) >= 11 is 1.55. The molecule has 6 rings (SSSR count). The smallest absolute Gasteiger partial charge is 0.157 e. The second kappa shape index (κ2) is 9.07. The number of aromatic nitrogens is 3. The van der Waals surface area contributed by atoms with E-state index in [0.29, 0.717) is 22.3 Å². The number of hydrogen-bond acceptors (Lipinski definition) is 7. The Hall–Kier alpha value is -4.26. The second-order valence-corrected chi connectivity index (χ2v) is 9.49. The molecule has 0 saturated carbocycles. The third-order valence-electron chi connectivity index (χ3n) is 6.42. The lowest BCUT2D eigenvalue weighted by Gasteiger charge is -2.29. The number of H-pyrrole nitrogens is 1. The van der Waals surface area contributed by atoms with Crippen LogP contribution in [0.3, 0.4) is 0 Å². The molecule has 178 valence electrons.